The number of rotatable bonds is 0. The van der Waals surface area contributed by atoms with Crippen LogP contribution in [0.1, 0.15) is 16.7 Å². The quantitative estimate of drug-likeness (QED) is 0.636. The zero-order chi connectivity index (χ0) is 10.3. The second-order valence-corrected chi connectivity index (χ2v) is 3.71. The molecule has 0 atom stereocenters. The van der Waals surface area contributed by atoms with Gasteiger partial charge in [-0.05, 0) is 31.9 Å². The Morgan fingerprint density at radius 2 is 1.64 bits per heavy atom. The molecule has 0 amide bonds. The van der Waals surface area contributed by atoms with Gasteiger partial charge < -0.3 is 4.42 Å². The Morgan fingerprint density at radius 3 is 2.36 bits per heavy atom. The van der Waals surface area contributed by atoms with Crippen molar-refractivity contribution < 1.29 is 4.42 Å². The van der Waals surface area contributed by atoms with E-state index in [1.807, 2.05) is 26.8 Å². The van der Waals surface area contributed by atoms with Crippen molar-refractivity contribution >= 4 is 0 Å². The number of hydrogen-bond acceptors (Lipinski definition) is 2. The highest BCUT2D eigenvalue weighted by Crippen LogP contribution is 2.27. The maximum atomic E-state index is 11.1. The molecule has 0 spiro atoms. The molecule has 2 aliphatic rings. The molecule has 14 heavy (non-hydrogen) atoms. The summed E-state index contributed by atoms with van der Waals surface area (Å²) < 4.78 is 5.14. The van der Waals surface area contributed by atoms with Gasteiger partial charge in [-0.25, -0.2) is 4.79 Å². The topological polar surface area (TPSA) is 30.2 Å². The first kappa shape index (κ1) is 9.00. The molecule has 1 heterocycles. The summed E-state index contributed by atoms with van der Waals surface area (Å²) >= 11 is 0. The molecule has 2 nitrogen and oxygen atoms in total. The standard InChI is InChI=1S/C12H12O2/c1-7-4-8(2)10-6-11(13)14-12(10)9(3)5-7/h4-6H,1-3H3. The van der Waals surface area contributed by atoms with Crippen LogP contribution in [0.3, 0.4) is 0 Å². The van der Waals surface area contributed by atoms with Crippen molar-refractivity contribution in [1.82, 2.24) is 0 Å². The fraction of sp³-hybridized carbons (Fsp3) is 0.250. The van der Waals surface area contributed by atoms with Crippen molar-refractivity contribution in [3.8, 4) is 11.3 Å². The van der Waals surface area contributed by atoms with Crippen LogP contribution in [0.4, 0.5) is 0 Å². The molecule has 0 aromatic carbocycles. The zero-order valence-corrected chi connectivity index (χ0v) is 8.55. The lowest BCUT2D eigenvalue weighted by Gasteiger charge is -1.94. The summed E-state index contributed by atoms with van der Waals surface area (Å²) in [6, 6.07) is 5.64. The number of aryl methyl sites for hydroxylation is 3. The largest absolute Gasteiger partial charge is 0.422 e. The van der Waals surface area contributed by atoms with E-state index in [1.165, 1.54) is 5.56 Å². The van der Waals surface area contributed by atoms with Gasteiger partial charge in [-0.1, -0.05) is 17.7 Å². The molecule has 72 valence electrons. The first-order valence-electron chi connectivity index (χ1n) is 4.59. The Bertz CT molecular complexity index is 466. The van der Waals surface area contributed by atoms with E-state index in [0.29, 0.717) is 5.76 Å². The van der Waals surface area contributed by atoms with Gasteiger partial charge in [0.2, 0.25) is 0 Å². The van der Waals surface area contributed by atoms with E-state index >= 15 is 0 Å². The molecule has 0 saturated carbocycles. The lowest BCUT2D eigenvalue weighted by Crippen LogP contribution is -1.84. The molecular formula is C12H12O2. The van der Waals surface area contributed by atoms with Crippen molar-refractivity contribution in [1.29, 1.82) is 0 Å². The zero-order valence-electron chi connectivity index (χ0n) is 8.55. The van der Waals surface area contributed by atoms with Crippen LogP contribution in [0.15, 0.2) is 27.4 Å². The summed E-state index contributed by atoms with van der Waals surface area (Å²) in [6.07, 6.45) is 0. The van der Waals surface area contributed by atoms with Crippen LogP contribution in [-0.4, -0.2) is 0 Å². The van der Waals surface area contributed by atoms with E-state index in [1.54, 1.807) is 6.07 Å². The molecule has 0 N–H and O–H groups in total. The van der Waals surface area contributed by atoms with Gasteiger partial charge in [-0.2, -0.15) is 0 Å². The summed E-state index contributed by atoms with van der Waals surface area (Å²) in [7, 11) is 0. The molecule has 0 aromatic heterocycles. The van der Waals surface area contributed by atoms with Crippen LogP contribution < -0.4 is 5.63 Å². The molecule has 0 saturated heterocycles. The molecule has 0 radical (unpaired) electrons. The molecule has 0 aromatic rings. The lowest BCUT2D eigenvalue weighted by atomic mass is 10.1. The molecular weight excluding hydrogens is 176 g/mol. The van der Waals surface area contributed by atoms with E-state index in [0.717, 1.165) is 16.7 Å². The van der Waals surface area contributed by atoms with Gasteiger partial charge in [0, 0.05) is 11.6 Å². The highest BCUT2D eigenvalue weighted by Gasteiger charge is 2.12. The summed E-state index contributed by atoms with van der Waals surface area (Å²) in [4.78, 5) is 11.1. The van der Waals surface area contributed by atoms with Crippen molar-refractivity contribution in [3.05, 3.63) is 45.3 Å². The molecule has 1 aliphatic heterocycles. The lowest BCUT2D eigenvalue weighted by molar-refractivity contribution is 0.542. The van der Waals surface area contributed by atoms with Crippen LogP contribution in [-0.2, 0) is 0 Å². The number of fused-ring (bicyclic) bond motifs is 1. The van der Waals surface area contributed by atoms with Gasteiger partial charge in [-0.3, -0.25) is 0 Å². The Morgan fingerprint density at radius 1 is 1.00 bits per heavy atom. The fourth-order valence-corrected chi connectivity index (χ4v) is 1.82. The van der Waals surface area contributed by atoms with Gasteiger partial charge in [-0.15, -0.1) is 0 Å². The van der Waals surface area contributed by atoms with Gasteiger partial charge >= 0.3 is 5.63 Å². The molecule has 0 fully saturated rings. The Hall–Kier alpha value is -1.57. The molecule has 2 rings (SSSR count). The Kier molecular flexibility index (Phi) is 1.92. The van der Waals surface area contributed by atoms with Crippen LogP contribution >= 0.6 is 0 Å². The average molecular weight is 188 g/mol. The highest BCUT2D eigenvalue weighted by molar-refractivity contribution is 5.66. The van der Waals surface area contributed by atoms with E-state index in [2.05, 4.69) is 6.07 Å². The number of furan rings is 1. The van der Waals surface area contributed by atoms with Gasteiger partial charge in [0.25, 0.3) is 0 Å². The smallest absolute Gasteiger partial charge is 0.336 e. The normalized spacial score (nSPS) is 10.8. The van der Waals surface area contributed by atoms with Gasteiger partial charge in [0.1, 0.15) is 5.76 Å². The summed E-state index contributed by atoms with van der Waals surface area (Å²) in [5.74, 6) is 0.709. The minimum absolute atomic E-state index is 0.268. The maximum Gasteiger partial charge on any atom is 0.336 e. The third-order valence-corrected chi connectivity index (χ3v) is 2.38. The van der Waals surface area contributed by atoms with Crippen molar-refractivity contribution in [2.75, 3.05) is 0 Å². The van der Waals surface area contributed by atoms with Crippen LogP contribution in [0, 0.1) is 20.8 Å². The predicted octanol–water partition coefficient (Wildman–Crippen LogP) is 2.67. The van der Waals surface area contributed by atoms with Crippen LogP contribution in [0.2, 0.25) is 0 Å². The van der Waals surface area contributed by atoms with Crippen LogP contribution in [0.5, 0.6) is 0 Å². The van der Waals surface area contributed by atoms with E-state index in [9.17, 15) is 4.79 Å². The monoisotopic (exact) mass is 188 g/mol. The van der Waals surface area contributed by atoms with Crippen molar-refractivity contribution in [3.63, 3.8) is 0 Å². The average Bonchev–Trinajstić information content (AvgIpc) is 2.42. The summed E-state index contributed by atoms with van der Waals surface area (Å²) in [5.41, 5.74) is 3.92. The third-order valence-electron chi connectivity index (χ3n) is 2.38. The van der Waals surface area contributed by atoms with Crippen LogP contribution in [0.25, 0.3) is 11.3 Å². The minimum Gasteiger partial charge on any atom is -0.422 e. The van der Waals surface area contributed by atoms with Crippen molar-refractivity contribution in [2.24, 2.45) is 0 Å². The summed E-state index contributed by atoms with van der Waals surface area (Å²) in [5, 5.41) is 0. The molecule has 1 aliphatic carbocycles. The summed E-state index contributed by atoms with van der Waals surface area (Å²) in [6.45, 7) is 5.98. The first-order valence-corrected chi connectivity index (χ1v) is 4.59. The second-order valence-electron chi connectivity index (χ2n) is 3.71. The van der Waals surface area contributed by atoms with Crippen molar-refractivity contribution in [2.45, 2.75) is 20.8 Å². The van der Waals surface area contributed by atoms with E-state index in [-0.39, 0.29) is 5.63 Å². The second kappa shape index (κ2) is 2.98. The van der Waals surface area contributed by atoms with E-state index < -0.39 is 0 Å². The van der Waals surface area contributed by atoms with Gasteiger partial charge in [0.05, 0.1) is 0 Å². The predicted molar refractivity (Wildman–Crippen MR) is 55.8 cm³/mol. The van der Waals surface area contributed by atoms with Gasteiger partial charge in [0.15, 0.2) is 0 Å². The SMILES string of the molecule is Cc1cc(C)c2cc(=O)oc-2c(C)c1. The third kappa shape index (κ3) is 1.33. The molecule has 2 heteroatoms. The Balaban J connectivity index is 2.93. The maximum absolute atomic E-state index is 11.1. The first-order chi connectivity index (χ1) is 6.58. The number of hydrogen-bond donors (Lipinski definition) is 0. The minimum atomic E-state index is -0.268. The fourth-order valence-electron chi connectivity index (χ4n) is 1.82. The highest BCUT2D eigenvalue weighted by atomic mass is 16.4. The van der Waals surface area contributed by atoms with E-state index in [4.69, 9.17) is 4.42 Å². The Labute approximate surface area is 82.5 Å². The molecule has 0 bridgehead atoms. The molecule has 0 unspecified atom stereocenters.